The number of carbonyl (C=O) groups is 1. The second kappa shape index (κ2) is 4.30. The normalized spacial score (nSPS) is 16.1. The first-order valence-electron chi connectivity index (χ1n) is 5.86. The summed E-state index contributed by atoms with van der Waals surface area (Å²) in [5, 5.41) is 7.75. The molecule has 0 spiro atoms. The fraction of sp³-hybridized carbons (Fsp3) is 0.333. The zero-order valence-corrected chi connectivity index (χ0v) is 9.85. The smallest absolute Gasteiger partial charge is 0.275 e. The number of aromatic amines is 1. The van der Waals surface area contributed by atoms with E-state index in [1.807, 2.05) is 6.07 Å². The van der Waals surface area contributed by atoms with Crippen LogP contribution >= 0.6 is 0 Å². The van der Waals surface area contributed by atoms with Crippen molar-refractivity contribution in [3.63, 3.8) is 0 Å². The number of anilines is 1. The van der Waals surface area contributed by atoms with Gasteiger partial charge in [-0.2, -0.15) is 5.10 Å². The Balaban J connectivity index is 1.96. The molecule has 0 radical (unpaired) electrons. The lowest BCUT2D eigenvalue weighted by atomic mass is 10.2. The number of fused-ring (bicyclic) bond motifs is 1. The number of nitrogens with one attached hydrogen (secondary N) is 1. The van der Waals surface area contributed by atoms with Crippen molar-refractivity contribution >= 4 is 22.5 Å². The maximum Gasteiger partial charge on any atom is 0.275 e. The third-order valence-electron chi connectivity index (χ3n) is 3.09. The number of ether oxygens (including phenoxy) is 1. The third kappa shape index (κ3) is 1.80. The number of amides is 1. The maximum atomic E-state index is 12.3. The Morgan fingerprint density at radius 3 is 2.94 bits per heavy atom. The summed E-state index contributed by atoms with van der Waals surface area (Å²) in [5.41, 5.74) is 7.58. The number of hydrogen-bond donors (Lipinski definition) is 2. The molecule has 1 aliphatic rings. The molecule has 2 heterocycles. The van der Waals surface area contributed by atoms with Crippen molar-refractivity contribution in [2.45, 2.75) is 0 Å². The van der Waals surface area contributed by atoms with Gasteiger partial charge < -0.3 is 15.4 Å². The largest absolute Gasteiger partial charge is 0.399 e. The predicted octanol–water partition coefficient (Wildman–Crippen LogP) is 0.617. The van der Waals surface area contributed by atoms with Crippen molar-refractivity contribution in [2.75, 3.05) is 32.0 Å². The van der Waals surface area contributed by atoms with E-state index in [0.29, 0.717) is 37.7 Å². The Morgan fingerprint density at radius 1 is 1.39 bits per heavy atom. The van der Waals surface area contributed by atoms with Gasteiger partial charge in [0.2, 0.25) is 0 Å². The first-order valence-corrected chi connectivity index (χ1v) is 5.86. The average molecular weight is 246 g/mol. The van der Waals surface area contributed by atoms with E-state index in [-0.39, 0.29) is 5.91 Å². The van der Waals surface area contributed by atoms with Crippen molar-refractivity contribution in [1.29, 1.82) is 0 Å². The number of benzene rings is 1. The van der Waals surface area contributed by atoms with Crippen LogP contribution in [-0.2, 0) is 4.74 Å². The number of aromatic nitrogens is 2. The van der Waals surface area contributed by atoms with Gasteiger partial charge in [-0.15, -0.1) is 0 Å². The third-order valence-corrected chi connectivity index (χ3v) is 3.09. The number of nitrogens with two attached hydrogens (primary N) is 1. The molecule has 0 aliphatic carbocycles. The van der Waals surface area contributed by atoms with E-state index in [1.54, 1.807) is 17.0 Å². The van der Waals surface area contributed by atoms with Crippen molar-refractivity contribution < 1.29 is 9.53 Å². The molecule has 6 heteroatoms. The van der Waals surface area contributed by atoms with E-state index in [0.717, 1.165) is 10.9 Å². The van der Waals surface area contributed by atoms with Crippen LogP contribution in [0, 0.1) is 0 Å². The van der Waals surface area contributed by atoms with Crippen LogP contribution < -0.4 is 5.73 Å². The first-order chi connectivity index (χ1) is 8.75. The average Bonchev–Trinajstić information content (AvgIpc) is 2.81. The highest BCUT2D eigenvalue weighted by molar-refractivity contribution is 6.05. The number of hydrogen-bond acceptors (Lipinski definition) is 4. The van der Waals surface area contributed by atoms with Crippen molar-refractivity contribution in [3.8, 4) is 0 Å². The quantitative estimate of drug-likeness (QED) is 0.722. The molecule has 1 amide bonds. The molecular formula is C12H14N4O2. The van der Waals surface area contributed by atoms with Crippen LogP contribution in [0.2, 0.25) is 0 Å². The molecule has 3 rings (SSSR count). The van der Waals surface area contributed by atoms with E-state index < -0.39 is 0 Å². The first kappa shape index (κ1) is 11.0. The Bertz CT molecular complexity index is 587. The van der Waals surface area contributed by atoms with E-state index in [1.165, 1.54) is 0 Å². The standard InChI is InChI=1S/C12H14N4O2/c13-8-1-2-9-10(7-8)14-15-11(9)12(17)16-3-5-18-6-4-16/h1-2,7H,3-6,13H2,(H,14,15). The summed E-state index contributed by atoms with van der Waals surface area (Å²) in [7, 11) is 0. The second-order valence-corrected chi connectivity index (χ2v) is 4.28. The van der Waals surface area contributed by atoms with Crippen LogP contribution in [0.15, 0.2) is 18.2 Å². The fourth-order valence-corrected chi connectivity index (χ4v) is 2.12. The van der Waals surface area contributed by atoms with Gasteiger partial charge in [-0.3, -0.25) is 9.89 Å². The minimum absolute atomic E-state index is 0.0608. The number of nitrogens with zero attached hydrogens (tertiary/aromatic N) is 2. The van der Waals surface area contributed by atoms with Gasteiger partial charge in [0.1, 0.15) is 0 Å². The fourth-order valence-electron chi connectivity index (χ4n) is 2.12. The molecular weight excluding hydrogens is 232 g/mol. The van der Waals surface area contributed by atoms with Crippen LogP contribution in [0.3, 0.4) is 0 Å². The summed E-state index contributed by atoms with van der Waals surface area (Å²) in [6.45, 7) is 2.40. The number of nitrogen functional groups attached to an aromatic ring is 1. The van der Waals surface area contributed by atoms with Crippen LogP contribution in [0.1, 0.15) is 10.5 Å². The highest BCUT2D eigenvalue weighted by atomic mass is 16.5. The summed E-state index contributed by atoms with van der Waals surface area (Å²) < 4.78 is 5.23. The van der Waals surface area contributed by atoms with Crippen LogP contribution in [0.4, 0.5) is 5.69 Å². The van der Waals surface area contributed by atoms with Gasteiger partial charge in [0.25, 0.3) is 5.91 Å². The van der Waals surface area contributed by atoms with Gasteiger partial charge in [-0.25, -0.2) is 0 Å². The van der Waals surface area contributed by atoms with E-state index in [9.17, 15) is 4.79 Å². The number of H-pyrrole nitrogens is 1. The van der Waals surface area contributed by atoms with Gasteiger partial charge in [0.15, 0.2) is 5.69 Å². The van der Waals surface area contributed by atoms with E-state index in [4.69, 9.17) is 10.5 Å². The van der Waals surface area contributed by atoms with Crippen LogP contribution in [0.25, 0.3) is 10.9 Å². The highest BCUT2D eigenvalue weighted by Crippen LogP contribution is 2.20. The van der Waals surface area contributed by atoms with Gasteiger partial charge in [0.05, 0.1) is 18.7 Å². The molecule has 0 bridgehead atoms. The molecule has 2 aromatic rings. The Morgan fingerprint density at radius 2 is 2.17 bits per heavy atom. The zero-order chi connectivity index (χ0) is 12.5. The molecule has 0 unspecified atom stereocenters. The lowest BCUT2D eigenvalue weighted by Crippen LogP contribution is -2.40. The van der Waals surface area contributed by atoms with Crippen LogP contribution in [-0.4, -0.2) is 47.3 Å². The Hall–Kier alpha value is -2.08. The van der Waals surface area contributed by atoms with Gasteiger partial charge >= 0.3 is 0 Å². The molecule has 1 aromatic carbocycles. The molecule has 0 atom stereocenters. The molecule has 18 heavy (non-hydrogen) atoms. The van der Waals surface area contributed by atoms with E-state index in [2.05, 4.69) is 10.2 Å². The van der Waals surface area contributed by atoms with Crippen molar-refractivity contribution in [3.05, 3.63) is 23.9 Å². The Labute approximate surface area is 104 Å². The summed E-state index contributed by atoms with van der Waals surface area (Å²) >= 11 is 0. The number of carbonyl (C=O) groups excluding carboxylic acids is 1. The van der Waals surface area contributed by atoms with Gasteiger partial charge in [0, 0.05) is 24.2 Å². The summed E-state index contributed by atoms with van der Waals surface area (Å²) in [6, 6.07) is 5.37. The molecule has 1 aromatic heterocycles. The SMILES string of the molecule is Nc1ccc2c(C(=O)N3CCOCC3)n[nH]c2c1. The summed E-state index contributed by atoms with van der Waals surface area (Å²) in [6.07, 6.45) is 0. The molecule has 1 fully saturated rings. The van der Waals surface area contributed by atoms with Crippen LogP contribution in [0.5, 0.6) is 0 Å². The number of morpholine rings is 1. The zero-order valence-electron chi connectivity index (χ0n) is 9.85. The molecule has 3 N–H and O–H groups in total. The topological polar surface area (TPSA) is 84.2 Å². The van der Waals surface area contributed by atoms with Gasteiger partial charge in [-0.05, 0) is 18.2 Å². The predicted molar refractivity (Wildman–Crippen MR) is 67.2 cm³/mol. The molecule has 0 saturated carbocycles. The highest BCUT2D eigenvalue weighted by Gasteiger charge is 2.22. The number of rotatable bonds is 1. The molecule has 1 aliphatic heterocycles. The van der Waals surface area contributed by atoms with Crippen molar-refractivity contribution in [1.82, 2.24) is 15.1 Å². The van der Waals surface area contributed by atoms with E-state index >= 15 is 0 Å². The second-order valence-electron chi connectivity index (χ2n) is 4.28. The lowest BCUT2D eigenvalue weighted by Gasteiger charge is -2.26. The molecule has 94 valence electrons. The molecule has 1 saturated heterocycles. The van der Waals surface area contributed by atoms with Crippen molar-refractivity contribution in [2.24, 2.45) is 0 Å². The lowest BCUT2D eigenvalue weighted by molar-refractivity contribution is 0.0300. The minimum atomic E-state index is -0.0608. The minimum Gasteiger partial charge on any atom is -0.399 e. The maximum absolute atomic E-state index is 12.3. The Kier molecular flexibility index (Phi) is 2.64. The monoisotopic (exact) mass is 246 g/mol. The van der Waals surface area contributed by atoms with Gasteiger partial charge in [-0.1, -0.05) is 0 Å². The molecule has 6 nitrogen and oxygen atoms in total. The summed E-state index contributed by atoms with van der Waals surface area (Å²) in [4.78, 5) is 14.1. The summed E-state index contributed by atoms with van der Waals surface area (Å²) in [5.74, 6) is -0.0608.